The van der Waals surface area contributed by atoms with Crippen molar-refractivity contribution in [2.45, 2.75) is 6.92 Å². The summed E-state index contributed by atoms with van der Waals surface area (Å²) in [6.07, 6.45) is 0. The van der Waals surface area contributed by atoms with Crippen molar-refractivity contribution in [3.8, 4) is 0 Å². The number of pyridine rings is 1. The Morgan fingerprint density at radius 3 is 2.58 bits per heavy atom. The van der Waals surface area contributed by atoms with E-state index in [4.69, 9.17) is 0 Å². The minimum atomic E-state index is -1.17. The number of carbonyl (C=O) groups excluding carboxylic acids is 1. The van der Waals surface area contributed by atoms with Crippen LogP contribution < -0.4 is 5.32 Å². The first-order chi connectivity index (χ1) is 8.97. The van der Waals surface area contributed by atoms with E-state index >= 15 is 0 Å². The van der Waals surface area contributed by atoms with Gasteiger partial charge in [0.15, 0.2) is 0 Å². The van der Waals surface area contributed by atoms with Gasteiger partial charge in [0.1, 0.15) is 5.82 Å². The molecule has 0 aliphatic rings. The van der Waals surface area contributed by atoms with Crippen molar-refractivity contribution in [3.63, 3.8) is 0 Å². The van der Waals surface area contributed by atoms with Crippen LogP contribution in [0.2, 0.25) is 0 Å². The molecule has 0 saturated heterocycles. The maximum atomic E-state index is 13.5. The van der Waals surface area contributed by atoms with Crippen LogP contribution in [-0.4, -0.2) is 10.9 Å². The Morgan fingerprint density at radius 1 is 1.16 bits per heavy atom. The first-order valence-corrected chi connectivity index (χ1v) is 5.37. The van der Waals surface area contributed by atoms with E-state index < -0.39 is 23.6 Å². The van der Waals surface area contributed by atoms with E-state index in [0.717, 1.165) is 18.2 Å². The first kappa shape index (κ1) is 13.1. The number of hydrogen-bond acceptors (Lipinski definition) is 2. The van der Waals surface area contributed by atoms with Gasteiger partial charge in [0.05, 0.1) is 11.3 Å². The molecule has 6 heteroatoms. The maximum Gasteiger partial charge on any atom is 0.258 e. The molecule has 0 unspecified atom stereocenters. The van der Waals surface area contributed by atoms with Crippen molar-refractivity contribution >= 4 is 11.6 Å². The van der Waals surface area contributed by atoms with Gasteiger partial charge in [-0.05, 0) is 31.2 Å². The Kier molecular flexibility index (Phi) is 3.50. The number of halogens is 3. The summed E-state index contributed by atoms with van der Waals surface area (Å²) in [7, 11) is 0. The van der Waals surface area contributed by atoms with Crippen LogP contribution in [0.25, 0.3) is 0 Å². The summed E-state index contributed by atoms with van der Waals surface area (Å²) < 4.78 is 39.3. The van der Waals surface area contributed by atoms with Gasteiger partial charge in [-0.3, -0.25) is 4.79 Å². The molecule has 1 amide bonds. The molecule has 1 aromatic heterocycles. The Morgan fingerprint density at radius 2 is 1.89 bits per heavy atom. The number of nitrogens with zero attached hydrogens (tertiary/aromatic N) is 1. The van der Waals surface area contributed by atoms with Crippen molar-refractivity contribution in [3.05, 3.63) is 59.2 Å². The first-order valence-electron chi connectivity index (χ1n) is 5.37. The molecule has 2 rings (SSSR count). The number of aryl methyl sites for hydroxylation is 1. The van der Waals surface area contributed by atoms with Gasteiger partial charge in [-0.25, -0.2) is 4.39 Å². The summed E-state index contributed by atoms with van der Waals surface area (Å²) in [6, 6.07) is 5.89. The SMILES string of the molecule is Cc1ccc(F)c(C(=O)Nc2ccc(F)nc2F)c1. The summed E-state index contributed by atoms with van der Waals surface area (Å²) in [6.45, 7) is 1.69. The van der Waals surface area contributed by atoms with Gasteiger partial charge in [0.25, 0.3) is 5.91 Å². The number of hydrogen-bond donors (Lipinski definition) is 1. The number of aromatic nitrogens is 1. The van der Waals surface area contributed by atoms with E-state index in [0.29, 0.717) is 5.56 Å². The lowest BCUT2D eigenvalue weighted by Gasteiger charge is -2.07. The molecule has 0 atom stereocenters. The van der Waals surface area contributed by atoms with Crippen LogP contribution in [0.15, 0.2) is 30.3 Å². The molecule has 98 valence electrons. The van der Waals surface area contributed by atoms with Gasteiger partial charge < -0.3 is 5.32 Å². The molecule has 0 bridgehead atoms. The van der Waals surface area contributed by atoms with Crippen LogP contribution in [0.4, 0.5) is 18.9 Å². The molecule has 0 fully saturated rings. The molecule has 1 aromatic carbocycles. The molecule has 19 heavy (non-hydrogen) atoms. The summed E-state index contributed by atoms with van der Waals surface area (Å²) in [5, 5.41) is 2.14. The molecule has 2 aromatic rings. The van der Waals surface area contributed by atoms with Gasteiger partial charge in [0.2, 0.25) is 11.9 Å². The van der Waals surface area contributed by atoms with Crippen LogP contribution in [0.3, 0.4) is 0 Å². The normalized spacial score (nSPS) is 10.3. The smallest absolute Gasteiger partial charge is 0.258 e. The second-order valence-corrected chi connectivity index (χ2v) is 3.91. The fraction of sp³-hybridized carbons (Fsp3) is 0.0769. The Bertz CT molecular complexity index is 644. The Labute approximate surface area is 107 Å². The third-order valence-corrected chi connectivity index (χ3v) is 2.43. The van der Waals surface area contributed by atoms with Gasteiger partial charge in [0, 0.05) is 0 Å². The van der Waals surface area contributed by atoms with Gasteiger partial charge in [-0.2, -0.15) is 13.8 Å². The minimum absolute atomic E-state index is 0.219. The predicted octanol–water partition coefficient (Wildman–Crippen LogP) is 3.06. The highest BCUT2D eigenvalue weighted by molar-refractivity contribution is 6.04. The zero-order valence-electron chi connectivity index (χ0n) is 9.88. The largest absolute Gasteiger partial charge is 0.318 e. The molecule has 1 heterocycles. The molecular formula is C13H9F3N2O. The summed E-state index contributed by atoms with van der Waals surface area (Å²) >= 11 is 0. The minimum Gasteiger partial charge on any atom is -0.318 e. The van der Waals surface area contributed by atoms with Gasteiger partial charge in [-0.15, -0.1) is 0 Å². The highest BCUT2D eigenvalue weighted by atomic mass is 19.1. The average Bonchev–Trinajstić information content (AvgIpc) is 2.35. The molecule has 1 N–H and O–H groups in total. The number of nitrogens with one attached hydrogen (secondary N) is 1. The number of rotatable bonds is 2. The van der Waals surface area contributed by atoms with Crippen molar-refractivity contribution in [1.82, 2.24) is 4.98 Å². The average molecular weight is 266 g/mol. The quantitative estimate of drug-likeness (QED) is 0.849. The third kappa shape index (κ3) is 2.90. The van der Waals surface area contributed by atoms with E-state index in [1.54, 1.807) is 6.92 Å². The molecule has 0 radical (unpaired) electrons. The van der Waals surface area contributed by atoms with Crippen LogP contribution in [0, 0.1) is 24.6 Å². The molecule has 0 aliphatic heterocycles. The zero-order chi connectivity index (χ0) is 14.0. The molecular weight excluding hydrogens is 257 g/mol. The van der Waals surface area contributed by atoms with Crippen LogP contribution in [0.5, 0.6) is 0 Å². The summed E-state index contributed by atoms with van der Waals surface area (Å²) in [5.74, 6) is -3.72. The van der Waals surface area contributed by atoms with Crippen molar-refractivity contribution in [2.75, 3.05) is 5.32 Å². The zero-order valence-corrected chi connectivity index (χ0v) is 9.88. The molecule has 0 saturated carbocycles. The second kappa shape index (κ2) is 5.09. The highest BCUT2D eigenvalue weighted by Crippen LogP contribution is 2.15. The number of carbonyl (C=O) groups is 1. The monoisotopic (exact) mass is 266 g/mol. The lowest BCUT2D eigenvalue weighted by molar-refractivity contribution is 0.102. The number of amides is 1. The van der Waals surface area contributed by atoms with Crippen molar-refractivity contribution in [1.29, 1.82) is 0 Å². The summed E-state index contributed by atoms with van der Waals surface area (Å²) in [4.78, 5) is 14.7. The third-order valence-electron chi connectivity index (χ3n) is 2.43. The fourth-order valence-corrected chi connectivity index (χ4v) is 1.51. The van der Waals surface area contributed by atoms with E-state index in [1.165, 1.54) is 12.1 Å². The van der Waals surface area contributed by atoms with Crippen LogP contribution in [0.1, 0.15) is 15.9 Å². The van der Waals surface area contributed by atoms with E-state index in [9.17, 15) is 18.0 Å². The van der Waals surface area contributed by atoms with Crippen LogP contribution >= 0.6 is 0 Å². The van der Waals surface area contributed by atoms with E-state index in [2.05, 4.69) is 10.3 Å². The second-order valence-electron chi connectivity index (χ2n) is 3.91. The molecule has 3 nitrogen and oxygen atoms in total. The van der Waals surface area contributed by atoms with Crippen LogP contribution in [-0.2, 0) is 0 Å². The van der Waals surface area contributed by atoms with Gasteiger partial charge in [-0.1, -0.05) is 11.6 Å². The topological polar surface area (TPSA) is 42.0 Å². The predicted molar refractivity (Wildman–Crippen MR) is 63.2 cm³/mol. The fourth-order valence-electron chi connectivity index (χ4n) is 1.51. The van der Waals surface area contributed by atoms with Crippen molar-refractivity contribution in [2.24, 2.45) is 0 Å². The Hall–Kier alpha value is -2.37. The van der Waals surface area contributed by atoms with E-state index in [1.807, 2.05) is 0 Å². The highest BCUT2D eigenvalue weighted by Gasteiger charge is 2.14. The lowest BCUT2D eigenvalue weighted by Crippen LogP contribution is -2.15. The number of benzene rings is 1. The Balaban J connectivity index is 2.28. The molecule has 0 aliphatic carbocycles. The standard InChI is InChI=1S/C13H9F3N2O/c1-7-2-3-9(14)8(6-7)13(19)17-10-4-5-11(15)18-12(10)16/h2-6H,1H3,(H,17,19). The maximum absolute atomic E-state index is 13.5. The van der Waals surface area contributed by atoms with Gasteiger partial charge >= 0.3 is 0 Å². The van der Waals surface area contributed by atoms with E-state index in [-0.39, 0.29) is 11.3 Å². The van der Waals surface area contributed by atoms with Crippen molar-refractivity contribution < 1.29 is 18.0 Å². The summed E-state index contributed by atoms with van der Waals surface area (Å²) in [5.41, 5.74) is 0.153. The lowest BCUT2D eigenvalue weighted by atomic mass is 10.1. The molecule has 0 spiro atoms. The number of anilines is 1.